The molecule has 0 bridgehead atoms. The van der Waals surface area contributed by atoms with Crippen LogP contribution in [0, 0.1) is 5.92 Å². The molecule has 0 atom stereocenters. The maximum Gasteiger partial charge on any atom is 0.223 e. The zero-order valence-corrected chi connectivity index (χ0v) is 14.0. The third-order valence-corrected chi connectivity index (χ3v) is 4.26. The van der Waals surface area contributed by atoms with Gasteiger partial charge in [-0.05, 0) is 37.0 Å². The van der Waals surface area contributed by atoms with E-state index in [9.17, 15) is 9.59 Å². The SMILES string of the molecule is CCc1ccc(N(CCNC(=O)C2CCOCC2)C(C)=O)cc1. The molecule has 1 aromatic rings. The maximum absolute atomic E-state index is 12.1. The van der Waals surface area contributed by atoms with Crippen molar-refractivity contribution < 1.29 is 14.3 Å². The van der Waals surface area contributed by atoms with Crippen molar-refractivity contribution in [3.8, 4) is 0 Å². The molecule has 0 radical (unpaired) electrons. The van der Waals surface area contributed by atoms with Gasteiger partial charge in [0.15, 0.2) is 0 Å². The summed E-state index contributed by atoms with van der Waals surface area (Å²) in [6.45, 7) is 5.90. The molecule has 126 valence electrons. The zero-order chi connectivity index (χ0) is 16.7. The highest BCUT2D eigenvalue weighted by Gasteiger charge is 2.21. The van der Waals surface area contributed by atoms with Gasteiger partial charge in [0.1, 0.15) is 0 Å². The molecule has 1 aliphatic rings. The van der Waals surface area contributed by atoms with Crippen LogP contribution < -0.4 is 10.2 Å². The van der Waals surface area contributed by atoms with Crippen molar-refractivity contribution in [2.75, 3.05) is 31.2 Å². The van der Waals surface area contributed by atoms with Crippen molar-refractivity contribution in [2.45, 2.75) is 33.1 Å². The molecule has 0 aliphatic carbocycles. The van der Waals surface area contributed by atoms with E-state index in [2.05, 4.69) is 12.2 Å². The van der Waals surface area contributed by atoms with Crippen LogP contribution in [0.15, 0.2) is 24.3 Å². The largest absolute Gasteiger partial charge is 0.381 e. The predicted octanol–water partition coefficient (Wildman–Crippen LogP) is 2.14. The fraction of sp³-hybridized carbons (Fsp3) is 0.556. The smallest absolute Gasteiger partial charge is 0.223 e. The molecule has 1 N–H and O–H groups in total. The minimum Gasteiger partial charge on any atom is -0.381 e. The second-order valence-corrected chi connectivity index (χ2v) is 5.87. The molecule has 0 spiro atoms. The minimum atomic E-state index is -0.0189. The monoisotopic (exact) mass is 318 g/mol. The summed E-state index contributed by atoms with van der Waals surface area (Å²) in [6, 6.07) is 7.98. The van der Waals surface area contributed by atoms with Crippen LogP contribution in [0.4, 0.5) is 5.69 Å². The number of aryl methyl sites for hydroxylation is 1. The van der Waals surface area contributed by atoms with Gasteiger partial charge in [-0.25, -0.2) is 0 Å². The van der Waals surface area contributed by atoms with Gasteiger partial charge in [-0.1, -0.05) is 19.1 Å². The lowest BCUT2D eigenvalue weighted by Crippen LogP contribution is -2.40. The highest BCUT2D eigenvalue weighted by Crippen LogP contribution is 2.16. The molecule has 23 heavy (non-hydrogen) atoms. The Labute approximate surface area is 138 Å². The van der Waals surface area contributed by atoms with Gasteiger partial charge in [0.25, 0.3) is 0 Å². The molecule has 0 unspecified atom stereocenters. The van der Waals surface area contributed by atoms with Crippen molar-refractivity contribution in [3.63, 3.8) is 0 Å². The Bertz CT molecular complexity index is 522. The molecule has 2 rings (SSSR count). The summed E-state index contributed by atoms with van der Waals surface area (Å²) >= 11 is 0. The van der Waals surface area contributed by atoms with Gasteiger partial charge >= 0.3 is 0 Å². The average molecular weight is 318 g/mol. The predicted molar refractivity (Wildman–Crippen MR) is 90.4 cm³/mol. The molecule has 0 saturated carbocycles. The van der Waals surface area contributed by atoms with E-state index in [4.69, 9.17) is 4.74 Å². The quantitative estimate of drug-likeness (QED) is 0.874. The van der Waals surface area contributed by atoms with Crippen molar-refractivity contribution in [1.29, 1.82) is 0 Å². The molecule has 1 aliphatic heterocycles. The maximum atomic E-state index is 12.1. The summed E-state index contributed by atoms with van der Waals surface area (Å²) in [5.74, 6) is 0.0889. The van der Waals surface area contributed by atoms with E-state index >= 15 is 0 Å². The number of rotatable bonds is 6. The van der Waals surface area contributed by atoms with Crippen molar-refractivity contribution >= 4 is 17.5 Å². The lowest BCUT2D eigenvalue weighted by atomic mass is 9.99. The Kier molecular flexibility index (Phi) is 6.59. The van der Waals surface area contributed by atoms with Crippen LogP contribution in [0.25, 0.3) is 0 Å². The van der Waals surface area contributed by atoms with E-state index in [1.807, 2.05) is 24.3 Å². The summed E-state index contributed by atoms with van der Waals surface area (Å²) in [7, 11) is 0. The molecular weight excluding hydrogens is 292 g/mol. The molecule has 1 saturated heterocycles. The Balaban J connectivity index is 1.86. The normalized spacial score (nSPS) is 15.2. The zero-order valence-electron chi connectivity index (χ0n) is 14.0. The Morgan fingerprint density at radius 3 is 2.43 bits per heavy atom. The van der Waals surface area contributed by atoms with Gasteiger partial charge in [-0.3, -0.25) is 9.59 Å². The van der Waals surface area contributed by atoms with Crippen molar-refractivity contribution in [3.05, 3.63) is 29.8 Å². The fourth-order valence-electron chi connectivity index (χ4n) is 2.77. The molecule has 5 heteroatoms. The van der Waals surface area contributed by atoms with Gasteiger partial charge < -0.3 is 15.0 Å². The molecule has 5 nitrogen and oxygen atoms in total. The lowest BCUT2D eigenvalue weighted by molar-refractivity contribution is -0.127. The number of amides is 2. The summed E-state index contributed by atoms with van der Waals surface area (Å²) in [6.07, 6.45) is 2.53. The van der Waals surface area contributed by atoms with Gasteiger partial charge in [0.2, 0.25) is 11.8 Å². The summed E-state index contributed by atoms with van der Waals surface area (Å²) in [4.78, 5) is 25.7. The number of carbonyl (C=O) groups excluding carboxylic acids is 2. The highest BCUT2D eigenvalue weighted by atomic mass is 16.5. The Hall–Kier alpha value is -1.88. The van der Waals surface area contributed by atoms with Crippen molar-refractivity contribution in [2.24, 2.45) is 5.92 Å². The molecular formula is C18H26N2O3. The van der Waals surface area contributed by atoms with Crippen LogP contribution in [0.5, 0.6) is 0 Å². The highest BCUT2D eigenvalue weighted by molar-refractivity contribution is 5.91. The number of ether oxygens (including phenoxy) is 1. The molecule has 0 aromatic heterocycles. The molecule has 1 fully saturated rings. The number of hydrogen-bond donors (Lipinski definition) is 1. The molecule has 1 heterocycles. The minimum absolute atomic E-state index is 0.0189. The number of nitrogens with zero attached hydrogens (tertiary/aromatic N) is 1. The third kappa shape index (κ3) is 5.06. The summed E-state index contributed by atoms with van der Waals surface area (Å²) in [5, 5.41) is 2.94. The van der Waals surface area contributed by atoms with Crippen LogP contribution in [0.2, 0.25) is 0 Å². The second-order valence-electron chi connectivity index (χ2n) is 5.87. The first-order valence-corrected chi connectivity index (χ1v) is 8.34. The lowest BCUT2D eigenvalue weighted by Gasteiger charge is -2.24. The van der Waals surface area contributed by atoms with Gasteiger partial charge in [-0.2, -0.15) is 0 Å². The number of benzene rings is 1. The molecule has 2 amide bonds. The van der Waals surface area contributed by atoms with Crippen molar-refractivity contribution in [1.82, 2.24) is 5.32 Å². The summed E-state index contributed by atoms with van der Waals surface area (Å²) < 4.78 is 5.27. The van der Waals surface area contributed by atoms with E-state index in [0.717, 1.165) is 24.9 Å². The van der Waals surface area contributed by atoms with Crippen LogP contribution in [0.3, 0.4) is 0 Å². The number of nitrogens with one attached hydrogen (secondary N) is 1. The first-order chi connectivity index (χ1) is 11.1. The van der Waals surface area contributed by atoms with Crippen LogP contribution in [0.1, 0.15) is 32.3 Å². The van der Waals surface area contributed by atoms with Crippen LogP contribution >= 0.6 is 0 Å². The van der Waals surface area contributed by atoms with E-state index in [1.54, 1.807) is 11.8 Å². The standard InChI is InChI=1S/C18H26N2O3/c1-3-15-4-6-17(7-5-15)20(14(2)21)11-10-19-18(22)16-8-12-23-13-9-16/h4-7,16H,3,8-13H2,1-2H3,(H,19,22). The fourth-order valence-corrected chi connectivity index (χ4v) is 2.77. The molecule has 1 aromatic carbocycles. The summed E-state index contributed by atoms with van der Waals surface area (Å²) in [5.41, 5.74) is 2.11. The first kappa shape index (κ1) is 17.5. The van der Waals surface area contributed by atoms with Crippen LogP contribution in [-0.2, 0) is 20.7 Å². The second kappa shape index (κ2) is 8.67. The van der Waals surface area contributed by atoms with Crippen LogP contribution in [-0.4, -0.2) is 38.1 Å². The van der Waals surface area contributed by atoms with Gasteiger partial charge in [-0.15, -0.1) is 0 Å². The van der Waals surface area contributed by atoms with Gasteiger partial charge in [0, 0.05) is 44.8 Å². The van der Waals surface area contributed by atoms with E-state index in [1.165, 1.54) is 5.56 Å². The van der Waals surface area contributed by atoms with E-state index < -0.39 is 0 Å². The third-order valence-electron chi connectivity index (χ3n) is 4.26. The Morgan fingerprint density at radius 1 is 1.22 bits per heavy atom. The Morgan fingerprint density at radius 2 is 1.87 bits per heavy atom. The number of carbonyl (C=O) groups is 2. The van der Waals surface area contributed by atoms with E-state index in [0.29, 0.717) is 26.3 Å². The topological polar surface area (TPSA) is 58.6 Å². The average Bonchev–Trinajstić information content (AvgIpc) is 2.59. The first-order valence-electron chi connectivity index (χ1n) is 8.34. The van der Waals surface area contributed by atoms with Gasteiger partial charge in [0.05, 0.1) is 0 Å². The number of anilines is 1. The van der Waals surface area contributed by atoms with E-state index in [-0.39, 0.29) is 17.7 Å². The number of hydrogen-bond acceptors (Lipinski definition) is 3.